The average Bonchev–Trinajstić information content (AvgIpc) is 2.76. The molecule has 4 N–H and O–H groups in total. The van der Waals surface area contributed by atoms with Gasteiger partial charge in [0.2, 0.25) is 17.6 Å². The first-order valence-corrected chi connectivity index (χ1v) is 12.2. The van der Waals surface area contributed by atoms with E-state index < -0.39 is 47.7 Å². The minimum atomic E-state index is -1.16. The summed E-state index contributed by atoms with van der Waals surface area (Å²) in [6.07, 6.45) is 0.170. The largest absolute Gasteiger partial charge is 0.449 e. The summed E-state index contributed by atoms with van der Waals surface area (Å²) in [5, 5.41) is 10.3. The lowest BCUT2D eigenvalue weighted by Crippen LogP contribution is -2.59. The van der Waals surface area contributed by atoms with E-state index in [1.807, 2.05) is 48.5 Å². The Morgan fingerprint density at radius 2 is 1.77 bits per heavy atom. The second kappa shape index (κ2) is 14.0. The van der Waals surface area contributed by atoms with E-state index in [4.69, 9.17) is 9.47 Å². The third-order valence-electron chi connectivity index (χ3n) is 5.42. The fraction of sp³-hybridized carbons (Fsp3) is 0.792. The van der Waals surface area contributed by atoms with Crippen LogP contribution >= 0.6 is 0 Å². The van der Waals surface area contributed by atoms with E-state index >= 15 is 0 Å². The zero-order valence-corrected chi connectivity index (χ0v) is 22.0. The van der Waals surface area contributed by atoms with Gasteiger partial charge in [-0.1, -0.05) is 54.9 Å². The number of ether oxygens (including phenoxy) is 2. The number of carbonyl (C=O) groups excluding carboxylic acids is 5. The van der Waals surface area contributed by atoms with Crippen LogP contribution in [0.5, 0.6) is 0 Å². The molecule has 1 heterocycles. The Kier molecular flexibility index (Phi) is 12.1. The molecule has 0 saturated carbocycles. The molecule has 4 unspecified atom stereocenters. The van der Waals surface area contributed by atoms with Gasteiger partial charge in [0, 0.05) is 6.54 Å². The van der Waals surface area contributed by atoms with Gasteiger partial charge in [0.05, 0.1) is 19.8 Å². The first kappa shape index (κ1) is 30.3. The fourth-order valence-corrected chi connectivity index (χ4v) is 3.26. The predicted molar refractivity (Wildman–Crippen MR) is 129 cm³/mol. The summed E-state index contributed by atoms with van der Waals surface area (Å²) in [5.74, 6) is -2.95. The summed E-state index contributed by atoms with van der Waals surface area (Å²) < 4.78 is 10.6. The highest BCUT2D eigenvalue weighted by atomic mass is 16.5. The predicted octanol–water partition coefficient (Wildman–Crippen LogP) is 0.905. The molecule has 1 rings (SSSR count). The second-order valence-corrected chi connectivity index (χ2v) is 10.6. The van der Waals surface area contributed by atoms with Gasteiger partial charge in [0.25, 0.3) is 5.91 Å². The van der Waals surface area contributed by atoms with Crippen molar-refractivity contribution in [3.63, 3.8) is 0 Å². The average molecular weight is 499 g/mol. The number of carbonyl (C=O) groups is 5. The standard InChI is InChI=1S/C24H42N4O7/c1-8-15(4)18(28-23(33)35-13-24(5,6)7)21(31)26-16(11-14(2)3)20(30)27-17-12-34-10-9-25-22(32)19(17)29/h14-18H,8-13H2,1-7H3,(H,25,32)(H,26,31)(H,27,30)(H,28,33). The van der Waals surface area contributed by atoms with Crippen molar-refractivity contribution in [3.8, 4) is 0 Å². The number of hydrogen-bond donors (Lipinski definition) is 4. The second-order valence-electron chi connectivity index (χ2n) is 10.6. The van der Waals surface area contributed by atoms with Gasteiger partial charge in [-0.2, -0.15) is 0 Å². The summed E-state index contributed by atoms with van der Waals surface area (Å²) in [4.78, 5) is 62.8. The normalized spacial score (nSPS) is 19.5. The molecule has 35 heavy (non-hydrogen) atoms. The van der Waals surface area contributed by atoms with Crippen molar-refractivity contribution in [1.82, 2.24) is 21.3 Å². The molecule has 0 spiro atoms. The van der Waals surface area contributed by atoms with Crippen LogP contribution < -0.4 is 21.3 Å². The van der Waals surface area contributed by atoms with Crippen LogP contribution in [0.4, 0.5) is 4.79 Å². The molecular formula is C24H42N4O7. The molecule has 0 aromatic heterocycles. The van der Waals surface area contributed by atoms with Gasteiger partial charge in [-0.3, -0.25) is 19.2 Å². The van der Waals surface area contributed by atoms with Gasteiger partial charge in [0.1, 0.15) is 18.1 Å². The Hall–Kier alpha value is -2.69. The van der Waals surface area contributed by atoms with Gasteiger partial charge in [-0.15, -0.1) is 0 Å². The van der Waals surface area contributed by atoms with Crippen LogP contribution in [0.15, 0.2) is 0 Å². The minimum Gasteiger partial charge on any atom is -0.449 e. The molecule has 1 fully saturated rings. The number of Topliss-reactive ketones (excluding diaryl/α,β-unsaturated/α-hetero) is 1. The fourth-order valence-electron chi connectivity index (χ4n) is 3.26. The minimum absolute atomic E-state index is 0.0328. The molecule has 1 aliphatic rings. The van der Waals surface area contributed by atoms with Crippen molar-refractivity contribution in [2.45, 2.75) is 79.4 Å². The van der Waals surface area contributed by atoms with Gasteiger partial charge in [-0.25, -0.2) is 4.79 Å². The summed E-state index contributed by atoms with van der Waals surface area (Å²) >= 11 is 0. The summed E-state index contributed by atoms with van der Waals surface area (Å²) in [7, 11) is 0. The Bertz CT molecular complexity index is 763. The Balaban J connectivity index is 2.95. The zero-order valence-electron chi connectivity index (χ0n) is 22.0. The first-order chi connectivity index (χ1) is 16.2. The highest BCUT2D eigenvalue weighted by Gasteiger charge is 2.34. The van der Waals surface area contributed by atoms with Gasteiger partial charge < -0.3 is 30.7 Å². The highest BCUT2D eigenvalue weighted by Crippen LogP contribution is 2.14. The molecule has 1 saturated heterocycles. The van der Waals surface area contributed by atoms with Crippen LogP contribution in [0.1, 0.15) is 61.3 Å². The van der Waals surface area contributed by atoms with Crippen LogP contribution in [0.2, 0.25) is 0 Å². The lowest BCUT2D eigenvalue weighted by Gasteiger charge is -2.28. The van der Waals surface area contributed by atoms with E-state index in [9.17, 15) is 24.0 Å². The number of alkyl carbamates (subject to hydrolysis) is 1. The molecule has 11 nitrogen and oxygen atoms in total. The van der Waals surface area contributed by atoms with E-state index in [2.05, 4.69) is 21.3 Å². The van der Waals surface area contributed by atoms with E-state index in [-0.39, 0.29) is 50.0 Å². The molecule has 0 aliphatic carbocycles. The van der Waals surface area contributed by atoms with E-state index in [0.29, 0.717) is 6.42 Å². The third-order valence-corrected chi connectivity index (χ3v) is 5.42. The van der Waals surface area contributed by atoms with Crippen molar-refractivity contribution in [2.75, 3.05) is 26.4 Å². The van der Waals surface area contributed by atoms with Crippen molar-refractivity contribution in [1.29, 1.82) is 0 Å². The molecule has 0 radical (unpaired) electrons. The maximum Gasteiger partial charge on any atom is 0.407 e. The van der Waals surface area contributed by atoms with Gasteiger partial charge in [-0.05, 0) is 23.7 Å². The molecular weight excluding hydrogens is 456 g/mol. The monoisotopic (exact) mass is 498 g/mol. The third kappa shape index (κ3) is 11.1. The van der Waals surface area contributed by atoms with E-state index in [0.717, 1.165) is 0 Å². The summed E-state index contributed by atoms with van der Waals surface area (Å²) in [6, 6.07) is -3.07. The number of nitrogens with one attached hydrogen (secondary N) is 4. The molecule has 0 bridgehead atoms. The van der Waals surface area contributed by atoms with Crippen LogP contribution in [-0.2, 0) is 28.7 Å². The molecule has 11 heteroatoms. The zero-order chi connectivity index (χ0) is 26.8. The first-order valence-electron chi connectivity index (χ1n) is 12.2. The molecule has 4 amide bonds. The van der Waals surface area contributed by atoms with Crippen LogP contribution in [0.25, 0.3) is 0 Å². The van der Waals surface area contributed by atoms with Crippen LogP contribution in [0.3, 0.4) is 0 Å². The quantitative estimate of drug-likeness (QED) is 0.327. The van der Waals surface area contributed by atoms with Gasteiger partial charge >= 0.3 is 6.09 Å². The number of amides is 4. The van der Waals surface area contributed by atoms with Crippen molar-refractivity contribution in [3.05, 3.63) is 0 Å². The Morgan fingerprint density at radius 1 is 1.11 bits per heavy atom. The number of ketones is 1. The van der Waals surface area contributed by atoms with Gasteiger partial charge in [0.15, 0.2) is 0 Å². The highest BCUT2D eigenvalue weighted by molar-refractivity contribution is 6.38. The topological polar surface area (TPSA) is 152 Å². The Morgan fingerprint density at radius 3 is 2.34 bits per heavy atom. The molecule has 1 aliphatic heterocycles. The molecule has 0 aromatic carbocycles. The summed E-state index contributed by atoms with van der Waals surface area (Å²) in [5.41, 5.74) is -0.235. The number of hydrogen-bond acceptors (Lipinski definition) is 7. The summed E-state index contributed by atoms with van der Waals surface area (Å²) in [6.45, 7) is 13.7. The Labute approximate surface area is 207 Å². The van der Waals surface area contributed by atoms with Crippen molar-refractivity contribution >= 4 is 29.6 Å². The molecule has 4 atom stereocenters. The van der Waals surface area contributed by atoms with E-state index in [1.165, 1.54) is 0 Å². The molecule has 0 aromatic rings. The maximum absolute atomic E-state index is 13.2. The van der Waals surface area contributed by atoms with Crippen molar-refractivity contribution < 1.29 is 33.4 Å². The lowest BCUT2D eigenvalue weighted by atomic mass is 9.96. The maximum atomic E-state index is 13.2. The van der Waals surface area contributed by atoms with Crippen molar-refractivity contribution in [2.24, 2.45) is 17.3 Å². The number of rotatable bonds is 10. The van der Waals surface area contributed by atoms with E-state index in [1.54, 1.807) is 0 Å². The lowest BCUT2D eigenvalue weighted by molar-refractivity contribution is -0.142. The SMILES string of the molecule is CCC(C)C(NC(=O)OCC(C)(C)C)C(=O)NC(CC(C)C)C(=O)NC1COCCNC(=O)C1=O. The smallest absolute Gasteiger partial charge is 0.407 e. The molecule has 200 valence electrons. The van der Waals surface area contributed by atoms with Crippen LogP contribution in [0, 0.1) is 17.3 Å². The van der Waals surface area contributed by atoms with Crippen LogP contribution in [-0.4, -0.2) is 74.1 Å².